The monoisotopic (exact) mass is 372 g/mol. The molecule has 136 valence electrons. The quantitative estimate of drug-likeness (QED) is 0.862. The maximum Gasteiger partial charge on any atom is 0.256 e. The lowest BCUT2D eigenvalue weighted by Gasteiger charge is -2.31. The SMILES string of the molecule is Cc1sc(NC(=O)c2ccc3c(c2)C(=O)CC(C)(C)O3)c(C(N)=O)c1C. The molecule has 0 bridgehead atoms. The van der Waals surface area contributed by atoms with Gasteiger partial charge in [-0.2, -0.15) is 0 Å². The minimum Gasteiger partial charge on any atom is -0.487 e. The minimum atomic E-state index is -0.585. The summed E-state index contributed by atoms with van der Waals surface area (Å²) in [5.74, 6) is -0.581. The highest BCUT2D eigenvalue weighted by Gasteiger charge is 2.33. The van der Waals surface area contributed by atoms with Crippen LogP contribution in [0, 0.1) is 13.8 Å². The van der Waals surface area contributed by atoms with E-state index >= 15 is 0 Å². The number of hydrogen-bond acceptors (Lipinski definition) is 5. The molecule has 3 rings (SSSR count). The zero-order valence-corrected chi connectivity index (χ0v) is 15.9. The zero-order chi connectivity index (χ0) is 19.2. The number of amides is 2. The Labute approximate surface area is 155 Å². The van der Waals surface area contributed by atoms with Gasteiger partial charge in [-0.25, -0.2) is 0 Å². The van der Waals surface area contributed by atoms with Crippen LogP contribution in [0.5, 0.6) is 5.75 Å². The molecule has 0 saturated heterocycles. The third kappa shape index (κ3) is 3.22. The summed E-state index contributed by atoms with van der Waals surface area (Å²) in [7, 11) is 0. The van der Waals surface area contributed by atoms with Gasteiger partial charge in [-0.15, -0.1) is 11.3 Å². The van der Waals surface area contributed by atoms with Crippen LogP contribution < -0.4 is 15.8 Å². The van der Waals surface area contributed by atoms with Crippen LogP contribution in [0.4, 0.5) is 5.00 Å². The Balaban J connectivity index is 1.91. The Morgan fingerprint density at radius 2 is 1.96 bits per heavy atom. The molecule has 1 aromatic carbocycles. The summed E-state index contributed by atoms with van der Waals surface area (Å²) in [5, 5.41) is 3.15. The number of rotatable bonds is 3. The summed E-state index contributed by atoms with van der Waals surface area (Å²) in [6.45, 7) is 7.35. The number of Topliss-reactive ketones (excluding diaryl/α,β-unsaturated/α-hetero) is 1. The van der Waals surface area contributed by atoms with Gasteiger partial charge in [0.1, 0.15) is 16.4 Å². The highest BCUT2D eigenvalue weighted by Crippen LogP contribution is 2.35. The number of ketones is 1. The number of ether oxygens (including phenoxy) is 1. The van der Waals surface area contributed by atoms with Crippen LogP contribution in [0.3, 0.4) is 0 Å². The lowest BCUT2D eigenvalue weighted by molar-refractivity contribution is 0.0620. The van der Waals surface area contributed by atoms with Gasteiger partial charge in [0.15, 0.2) is 5.78 Å². The highest BCUT2D eigenvalue weighted by atomic mass is 32.1. The summed E-state index contributed by atoms with van der Waals surface area (Å²) >= 11 is 1.30. The molecule has 7 heteroatoms. The van der Waals surface area contributed by atoms with Gasteiger partial charge in [-0.1, -0.05) is 0 Å². The van der Waals surface area contributed by atoms with Crippen LogP contribution in [0.1, 0.15) is 61.8 Å². The number of nitrogens with two attached hydrogens (primary N) is 1. The highest BCUT2D eigenvalue weighted by molar-refractivity contribution is 7.16. The molecule has 6 nitrogen and oxygen atoms in total. The van der Waals surface area contributed by atoms with Crippen molar-refractivity contribution in [2.75, 3.05) is 5.32 Å². The minimum absolute atomic E-state index is 0.0634. The number of carbonyl (C=O) groups is 3. The predicted molar refractivity (Wildman–Crippen MR) is 100 cm³/mol. The summed E-state index contributed by atoms with van der Waals surface area (Å²) in [6, 6.07) is 4.75. The van der Waals surface area contributed by atoms with Gasteiger partial charge in [0.25, 0.3) is 11.8 Å². The zero-order valence-electron chi connectivity index (χ0n) is 15.1. The van der Waals surface area contributed by atoms with Crippen LogP contribution in [-0.4, -0.2) is 23.2 Å². The first-order valence-corrected chi connectivity index (χ1v) is 8.98. The Hall–Kier alpha value is -2.67. The van der Waals surface area contributed by atoms with Crippen molar-refractivity contribution in [1.82, 2.24) is 0 Å². The molecule has 0 saturated carbocycles. The van der Waals surface area contributed by atoms with E-state index in [0.717, 1.165) is 10.4 Å². The Morgan fingerprint density at radius 1 is 1.27 bits per heavy atom. The number of carbonyl (C=O) groups excluding carboxylic acids is 3. The van der Waals surface area contributed by atoms with Gasteiger partial charge in [0.05, 0.1) is 17.5 Å². The molecule has 2 aromatic rings. The molecular formula is C19H20N2O4S. The fourth-order valence-electron chi connectivity index (χ4n) is 2.98. The number of aryl methyl sites for hydroxylation is 1. The van der Waals surface area contributed by atoms with E-state index in [1.807, 2.05) is 20.8 Å². The van der Waals surface area contributed by atoms with Crippen molar-refractivity contribution in [1.29, 1.82) is 0 Å². The second-order valence-electron chi connectivity index (χ2n) is 6.98. The van der Waals surface area contributed by atoms with E-state index in [0.29, 0.717) is 27.4 Å². The molecule has 2 amide bonds. The van der Waals surface area contributed by atoms with E-state index in [2.05, 4.69) is 5.32 Å². The fourth-order valence-corrected chi connectivity index (χ4v) is 4.04. The molecule has 1 aromatic heterocycles. The summed E-state index contributed by atoms with van der Waals surface area (Å²) in [6.07, 6.45) is 0.250. The average molecular weight is 372 g/mol. The van der Waals surface area contributed by atoms with Crippen molar-refractivity contribution in [3.05, 3.63) is 45.3 Å². The van der Waals surface area contributed by atoms with Gasteiger partial charge in [0.2, 0.25) is 0 Å². The van der Waals surface area contributed by atoms with E-state index in [9.17, 15) is 14.4 Å². The summed E-state index contributed by atoms with van der Waals surface area (Å²) in [5.41, 5.74) is 6.66. The first-order valence-electron chi connectivity index (χ1n) is 8.16. The first-order chi connectivity index (χ1) is 12.1. The van der Waals surface area contributed by atoms with E-state index in [-0.39, 0.29) is 12.2 Å². The largest absolute Gasteiger partial charge is 0.487 e. The van der Waals surface area contributed by atoms with Gasteiger partial charge in [0, 0.05) is 10.4 Å². The molecule has 1 aliphatic rings. The second-order valence-corrected chi connectivity index (χ2v) is 8.20. The number of primary amides is 1. The Kier molecular flexibility index (Phi) is 4.36. The molecule has 0 unspecified atom stereocenters. The smallest absolute Gasteiger partial charge is 0.256 e. The molecule has 26 heavy (non-hydrogen) atoms. The molecule has 1 aliphatic heterocycles. The molecule has 0 spiro atoms. The Bertz CT molecular complexity index is 943. The maximum absolute atomic E-state index is 12.6. The molecule has 0 fully saturated rings. The summed E-state index contributed by atoms with van der Waals surface area (Å²) in [4.78, 5) is 37.6. The van der Waals surface area contributed by atoms with E-state index in [1.54, 1.807) is 19.1 Å². The number of nitrogens with one attached hydrogen (secondary N) is 1. The van der Waals surface area contributed by atoms with Crippen molar-refractivity contribution in [3.8, 4) is 5.75 Å². The first kappa shape index (κ1) is 18.1. The van der Waals surface area contributed by atoms with Crippen molar-refractivity contribution in [2.45, 2.75) is 39.7 Å². The van der Waals surface area contributed by atoms with Crippen LogP contribution in [0.25, 0.3) is 0 Å². The Morgan fingerprint density at radius 3 is 2.62 bits per heavy atom. The third-order valence-electron chi connectivity index (χ3n) is 4.37. The molecular weight excluding hydrogens is 352 g/mol. The maximum atomic E-state index is 12.6. The molecule has 0 radical (unpaired) electrons. The van der Waals surface area contributed by atoms with Crippen LogP contribution in [-0.2, 0) is 0 Å². The van der Waals surface area contributed by atoms with E-state index < -0.39 is 17.4 Å². The number of hydrogen-bond donors (Lipinski definition) is 2. The van der Waals surface area contributed by atoms with Crippen molar-refractivity contribution >= 4 is 33.9 Å². The van der Waals surface area contributed by atoms with Gasteiger partial charge in [-0.05, 0) is 51.5 Å². The average Bonchev–Trinajstić information content (AvgIpc) is 2.80. The van der Waals surface area contributed by atoms with Crippen molar-refractivity contribution in [2.24, 2.45) is 5.73 Å². The van der Waals surface area contributed by atoms with Gasteiger partial charge in [-0.3, -0.25) is 14.4 Å². The molecule has 0 aliphatic carbocycles. The molecule has 2 heterocycles. The van der Waals surface area contributed by atoms with Crippen LogP contribution in [0.15, 0.2) is 18.2 Å². The number of anilines is 1. The van der Waals surface area contributed by atoms with Gasteiger partial charge < -0.3 is 15.8 Å². The third-order valence-corrected chi connectivity index (χ3v) is 5.50. The van der Waals surface area contributed by atoms with E-state index in [1.165, 1.54) is 17.4 Å². The number of thiophene rings is 1. The van der Waals surface area contributed by atoms with Crippen molar-refractivity contribution in [3.63, 3.8) is 0 Å². The predicted octanol–water partition coefficient (Wildman–Crippen LogP) is 3.46. The summed E-state index contributed by atoms with van der Waals surface area (Å²) < 4.78 is 5.80. The van der Waals surface area contributed by atoms with Crippen LogP contribution >= 0.6 is 11.3 Å². The van der Waals surface area contributed by atoms with Crippen molar-refractivity contribution < 1.29 is 19.1 Å². The number of benzene rings is 1. The van der Waals surface area contributed by atoms with Gasteiger partial charge >= 0.3 is 0 Å². The molecule has 3 N–H and O–H groups in total. The normalized spacial score (nSPS) is 15.2. The fraction of sp³-hybridized carbons (Fsp3) is 0.316. The second kappa shape index (κ2) is 6.25. The number of fused-ring (bicyclic) bond motifs is 1. The topological polar surface area (TPSA) is 98.5 Å². The standard InChI is InChI=1S/C19H20N2O4S/c1-9-10(2)26-18(15(9)16(20)23)21-17(24)11-5-6-14-12(7-11)13(22)8-19(3,4)25-14/h5-7H,8H2,1-4H3,(H2,20,23)(H,21,24). The molecule has 0 atom stereocenters. The lowest BCUT2D eigenvalue weighted by atomic mass is 9.92. The van der Waals surface area contributed by atoms with Crippen LogP contribution in [0.2, 0.25) is 0 Å². The lowest BCUT2D eigenvalue weighted by Crippen LogP contribution is -2.36. The van der Waals surface area contributed by atoms with E-state index in [4.69, 9.17) is 10.5 Å².